The molecule has 5 heteroatoms. The van der Waals surface area contributed by atoms with Crippen molar-refractivity contribution in [3.05, 3.63) is 46.7 Å². The maximum absolute atomic E-state index is 12.2. The first-order valence-corrected chi connectivity index (χ1v) is 6.19. The Bertz CT molecular complexity index is 589. The Hall–Kier alpha value is -2.30. The lowest BCUT2D eigenvalue weighted by Gasteiger charge is -2.25. The quantitative estimate of drug-likeness (QED) is 0.790. The zero-order chi connectivity index (χ0) is 13.6. The zero-order valence-electron chi connectivity index (χ0n) is 10.9. The van der Waals surface area contributed by atoms with E-state index in [1.165, 1.54) is 0 Å². The molecular weight excluding hydrogens is 242 g/mol. The van der Waals surface area contributed by atoms with Crippen molar-refractivity contribution < 1.29 is 9.59 Å². The highest BCUT2D eigenvalue weighted by atomic mass is 16.2. The molecule has 98 valence electrons. The average molecular weight is 257 g/mol. The molecule has 19 heavy (non-hydrogen) atoms. The first-order chi connectivity index (χ1) is 9.06. The second-order valence-corrected chi connectivity index (χ2v) is 5.00. The Morgan fingerprint density at radius 3 is 2.58 bits per heavy atom. The molecule has 0 saturated heterocycles. The van der Waals surface area contributed by atoms with Crippen LogP contribution in [0.25, 0.3) is 0 Å². The predicted octanol–water partition coefficient (Wildman–Crippen LogP) is 1.08. The van der Waals surface area contributed by atoms with Gasteiger partial charge in [0, 0.05) is 7.05 Å². The summed E-state index contributed by atoms with van der Waals surface area (Å²) in [5.41, 5.74) is 3.43. The summed E-state index contributed by atoms with van der Waals surface area (Å²) in [5, 5.41) is 5.54. The number of hydrogen-bond acceptors (Lipinski definition) is 2. The molecule has 0 saturated carbocycles. The van der Waals surface area contributed by atoms with Crippen molar-refractivity contribution in [2.24, 2.45) is 0 Å². The van der Waals surface area contributed by atoms with Gasteiger partial charge in [0.2, 0.25) is 0 Å². The minimum absolute atomic E-state index is 0.0342. The molecule has 2 aliphatic heterocycles. The Morgan fingerprint density at radius 1 is 1.21 bits per heavy atom. The molecule has 3 amide bonds. The van der Waals surface area contributed by atoms with E-state index in [1.54, 1.807) is 11.9 Å². The largest absolute Gasteiger partial charge is 0.336 e. The van der Waals surface area contributed by atoms with Gasteiger partial charge in [-0.2, -0.15) is 0 Å². The van der Waals surface area contributed by atoms with E-state index < -0.39 is 0 Å². The Labute approximate surface area is 111 Å². The number of benzene rings is 1. The molecule has 0 spiro atoms. The van der Waals surface area contributed by atoms with Gasteiger partial charge in [0.15, 0.2) is 0 Å². The van der Waals surface area contributed by atoms with Crippen molar-refractivity contribution in [1.82, 2.24) is 15.5 Å². The highest BCUT2D eigenvalue weighted by Gasteiger charge is 2.38. The summed E-state index contributed by atoms with van der Waals surface area (Å²) in [7, 11) is 1.74. The van der Waals surface area contributed by atoms with Crippen LogP contribution in [0.4, 0.5) is 4.79 Å². The van der Waals surface area contributed by atoms with Gasteiger partial charge in [-0.05, 0) is 12.5 Å². The van der Waals surface area contributed by atoms with Gasteiger partial charge in [-0.25, -0.2) is 4.79 Å². The summed E-state index contributed by atoms with van der Waals surface area (Å²) in [4.78, 5) is 25.5. The molecule has 0 aliphatic carbocycles. The molecule has 2 N–H and O–H groups in total. The molecule has 0 fully saturated rings. The van der Waals surface area contributed by atoms with E-state index in [9.17, 15) is 9.59 Å². The van der Waals surface area contributed by atoms with Crippen LogP contribution >= 0.6 is 0 Å². The maximum Gasteiger partial charge on any atom is 0.319 e. The van der Waals surface area contributed by atoms with Crippen LogP contribution in [0.15, 0.2) is 35.5 Å². The van der Waals surface area contributed by atoms with Crippen molar-refractivity contribution in [1.29, 1.82) is 0 Å². The standard InChI is InChI=1S/C14H15N3O2/c1-8-3-5-9(6-4-8)12-11-10(15-14(19)16-12)7-17(2)13(11)18/h3-6,12H,7H2,1-2H3,(H2,15,16,19)/t12-/m0/s1. The SMILES string of the molecule is Cc1ccc([C@@H]2NC(=O)NC3=C2C(=O)N(C)C3)cc1. The van der Waals surface area contributed by atoms with Crippen LogP contribution in [0, 0.1) is 6.92 Å². The van der Waals surface area contributed by atoms with Gasteiger partial charge < -0.3 is 15.5 Å². The smallest absolute Gasteiger partial charge is 0.319 e. The highest BCUT2D eigenvalue weighted by Crippen LogP contribution is 2.31. The maximum atomic E-state index is 12.2. The Balaban J connectivity index is 2.04. The van der Waals surface area contributed by atoms with E-state index in [1.807, 2.05) is 31.2 Å². The van der Waals surface area contributed by atoms with Gasteiger partial charge in [0.1, 0.15) is 0 Å². The van der Waals surface area contributed by atoms with E-state index in [2.05, 4.69) is 10.6 Å². The van der Waals surface area contributed by atoms with Gasteiger partial charge in [0.25, 0.3) is 5.91 Å². The summed E-state index contributed by atoms with van der Waals surface area (Å²) < 4.78 is 0. The summed E-state index contributed by atoms with van der Waals surface area (Å²) in [6.07, 6.45) is 0. The molecular formula is C14H15N3O2. The third-order valence-corrected chi connectivity index (χ3v) is 3.54. The minimum atomic E-state index is -0.359. The summed E-state index contributed by atoms with van der Waals surface area (Å²) in [5.74, 6) is -0.0342. The number of urea groups is 1. The van der Waals surface area contributed by atoms with Crippen molar-refractivity contribution in [3.63, 3.8) is 0 Å². The third-order valence-electron chi connectivity index (χ3n) is 3.54. The zero-order valence-corrected chi connectivity index (χ0v) is 10.9. The number of nitrogens with one attached hydrogen (secondary N) is 2. The van der Waals surface area contributed by atoms with Crippen LogP contribution in [-0.4, -0.2) is 30.4 Å². The molecule has 0 radical (unpaired) electrons. The molecule has 2 heterocycles. The normalized spacial score (nSPS) is 22.2. The second kappa shape index (κ2) is 4.12. The molecule has 1 aromatic carbocycles. The van der Waals surface area contributed by atoms with Crippen LogP contribution < -0.4 is 10.6 Å². The van der Waals surface area contributed by atoms with E-state index in [4.69, 9.17) is 0 Å². The first-order valence-electron chi connectivity index (χ1n) is 6.19. The van der Waals surface area contributed by atoms with Crippen LogP contribution in [0.1, 0.15) is 17.2 Å². The van der Waals surface area contributed by atoms with E-state index in [0.717, 1.165) is 11.1 Å². The lowest BCUT2D eigenvalue weighted by atomic mass is 9.95. The van der Waals surface area contributed by atoms with Gasteiger partial charge in [-0.3, -0.25) is 4.79 Å². The highest BCUT2D eigenvalue weighted by molar-refractivity contribution is 6.01. The minimum Gasteiger partial charge on any atom is -0.336 e. The Morgan fingerprint density at radius 2 is 1.89 bits per heavy atom. The first kappa shape index (κ1) is 11.8. The average Bonchev–Trinajstić information content (AvgIpc) is 2.65. The fourth-order valence-electron chi connectivity index (χ4n) is 2.52. The van der Waals surface area contributed by atoms with Crippen LogP contribution in [0.5, 0.6) is 0 Å². The van der Waals surface area contributed by atoms with Crippen molar-refractivity contribution in [3.8, 4) is 0 Å². The fourth-order valence-corrected chi connectivity index (χ4v) is 2.52. The number of likely N-dealkylation sites (N-methyl/N-ethyl adjacent to an activating group) is 1. The topological polar surface area (TPSA) is 61.4 Å². The van der Waals surface area contributed by atoms with Crippen LogP contribution in [0.2, 0.25) is 0 Å². The van der Waals surface area contributed by atoms with E-state index in [0.29, 0.717) is 17.8 Å². The third kappa shape index (κ3) is 1.87. The number of amides is 3. The molecule has 0 aromatic heterocycles. The number of carbonyl (C=O) groups excluding carboxylic acids is 2. The molecule has 2 aliphatic rings. The fraction of sp³-hybridized carbons (Fsp3) is 0.286. The Kier molecular flexibility index (Phi) is 2.55. The molecule has 3 rings (SSSR count). The molecule has 0 bridgehead atoms. The predicted molar refractivity (Wildman–Crippen MR) is 70.3 cm³/mol. The van der Waals surface area contributed by atoms with Crippen molar-refractivity contribution >= 4 is 11.9 Å². The van der Waals surface area contributed by atoms with Crippen molar-refractivity contribution in [2.45, 2.75) is 13.0 Å². The monoisotopic (exact) mass is 257 g/mol. The second-order valence-electron chi connectivity index (χ2n) is 5.00. The molecule has 1 aromatic rings. The lowest BCUT2D eigenvalue weighted by Crippen LogP contribution is -2.44. The summed E-state index contributed by atoms with van der Waals surface area (Å²) >= 11 is 0. The van der Waals surface area contributed by atoms with Gasteiger partial charge in [0.05, 0.1) is 23.9 Å². The van der Waals surface area contributed by atoms with Gasteiger partial charge >= 0.3 is 6.03 Å². The number of aryl methyl sites for hydroxylation is 1. The molecule has 1 atom stereocenters. The van der Waals surface area contributed by atoms with Crippen LogP contribution in [-0.2, 0) is 4.79 Å². The lowest BCUT2D eigenvalue weighted by molar-refractivity contribution is -0.124. The molecule has 0 unspecified atom stereocenters. The van der Waals surface area contributed by atoms with Crippen molar-refractivity contribution in [2.75, 3.05) is 13.6 Å². The van der Waals surface area contributed by atoms with E-state index >= 15 is 0 Å². The van der Waals surface area contributed by atoms with E-state index in [-0.39, 0.29) is 18.0 Å². The van der Waals surface area contributed by atoms with Gasteiger partial charge in [-0.1, -0.05) is 29.8 Å². The van der Waals surface area contributed by atoms with Crippen LogP contribution in [0.3, 0.4) is 0 Å². The van der Waals surface area contributed by atoms with Gasteiger partial charge in [-0.15, -0.1) is 0 Å². The molecule has 5 nitrogen and oxygen atoms in total. The summed E-state index contributed by atoms with van der Waals surface area (Å²) in [6, 6.07) is 7.23. The number of nitrogens with zero attached hydrogens (tertiary/aromatic N) is 1. The summed E-state index contributed by atoms with van der Waals surface area (Å²) in [6.45, 7) is 2.47. The number of hydrogen-bond donors (Lipinski definition) is 2. The number of rotatable bonds is 1. The number of carbonyl (C=O) groups is 2.